The minimum absolute atomic E-state index is 0.0256. The maximum Gasteiger partial charge on any atom is 0.412 e. The van der Waals surface area contributed by atoms with E-state index in [-0.39, 0.29) is 31.9 Å². The van der Waals surface area contributed by atoms with E-state index in [4.69, 9.17) is 18.4 Å². The number of amides is 2. The Morgan fingerprint density at radius 1 is 1.00 bits per heavy atom. The summed E-state index contributed by atoms with van der Waals surface area (Å²) >= 11 is 0. The van der Waals surface area contributed by atoms with Gasteiger partial charge in [0.25, 0.3) is 10.1 Å². The van der Waals surface area contributed by atoms with Crippen molar-refractivity contribution >= 4 is 22.3 Å². The molecule has 1 fully saturated rings. The minimum atomic E-state index is -3.86. The quantitative estimate of drug-likeness (QED) is 0.418. The maximum absolute atomic E-state index is 13.2. The highest BCUT2D eigenvalue weighted by Crippen LogP contribution is 2.35. The van der Waals surface area contributed by atoms with Gasteiger partial charge < -0.3 is 19.5 Å². The SMILES string of the molecule is CC(C)(C)OC(=O)N1C(CCOS(=O)(=O)Cc2ccccc2)C(CNC(=O)OCc2ccccc2)OC1(C)C. The van der Waals surface area contributed by atoms with Crippen molar-refractivity contribution in [2.24, 2.45) is 0 Å². The topological polar surface area (TPSA) is 120 Å². The lowest BCUT2D eigenvalue weighted by atomic mass is 10.1. The molecule has 10 nitrogen and oxygen atoms in total. The van der Waals surface area contributed by atoms with Crippen LogP contribution in [0, 0.1) is 0 Å². The molecular formula is C28H38N2O8S. The van der Waals surface area contributed by atoms with Crippen LogP contribution >= 0.6 is 0 Å². The molecule has 0 radical (unpaired) electrons. The van der Waals surface area contributed by atoms with Gasteiger partial charge in [-0.25, -0.2) is 9.59 Å². The summed E-state index contributed by atoms with van der Waals surface area (Å²) in [6.07, 6.45) is -1.80. The number of carbonyl (C=O) groups excluding carboxylic acids is 2. The average molecular weight is 563 g/mol. The van der Waals surface area contributed by atoms with Gasteiger partial charge in [-0.1, -0.05) is 60.7 Å². The maximum atomic E-state index is 13.2. The molecule has 2 unspecified atom stereocenters. The van der Waals surface area contributed by atoms with E-state index >= 15 is 0 Å². The minimum Gasteiger partial charge on any atom is -0.445 e. The normalized spacial score (nSPS) is 18.9. The Morgan fingerprint density at radius 2 is 1.59 bits per heavy atom. The zero-order valence-electron chi connectivity index (χ0n) is 23.1. The highest BCUT2D eigenvalue weighted by atomic mass is 32.2. The first-order valence-corrected chi connectivity index (χ1v) is 14.4. The van der Waals surface area contributed by atoms with E-state index in [9.17, 15) is 18.0 Å². The van der Waals surface area contributed by atoms with Crippen molar-refractivity contribution in [3.8, 4) is 0 Å². The smallest absolute Gasteiger partial charge is 0.412 e. The van der Waals surface area contributed by atoms with E-state index in [2.05, 4.69) is 5.32 Å². The van der Waals surface area contributed by atoms with Gasteiger partial charge in [-0.05, 0) is 52.2 Å². The lowest BCUT2D eigenvalue weighted by Crippen LogP contribution is -2.51. The summed E-state index contributed by atoms with van der Waals surface area (Å²) in [5.74, 6) is -0.269. The second-order valence-electron chi connectivity index (χ2n) is 10.8. The molecule has 1 aliphatic heterocycles. The fourth-order valence-electron chi connectivity index (χ4n) is 4.30. The summed E-state index contributed by atoms with van der Waals surface area (Å²) in [7, 11) is -3.86. The second kappa shape index (κ2) is 12.8. The Hall–Kier alpha value is -3.15. The largest absolute Gasteiger partial charge is 0.445 e. The number of ether oxygens (including phenoxy) is 3. The number of rotatable bonds is 10. The molecule has 2 aromatic carbocycles. The van der Waals surface area contributed by atoms with Crippen molar-refractivity contribution < 1.29 is 36.4 Å². The van der Waals surface area contributed by atoms with Crippen LogP contribution in [-0.4, -0.2) is 62.1 Å². The Morgan fingerprint density at radius 3 is 2.18 bits per heavy atom. The number of hydrogen-bond acceptors (Lipinski definition) is 8. The van der Waals surface area contributed by atoms with E-state index in [1.807, 2.05) is 30.3 Å². The number of nitrogens with zero attached hydrogens (tertiary/aromatic N) is 1. The van der Waals surface area contributed by atoms with Gasteiger partial charge in [0.05, 0.1) is 18.8 Å². The molecule has 11 heteroatoms. The fraction of sp³-hybridized carbons (Fsp3) is 0.500. The molecule has 1 N–H and O–H groups in total. The van der Waals surface area contributed by atoms with Crippen LogP contribution in [0.1, 0.15) is 52.2 Å². The van der Waals surface area contributed by atoms with Crippen molar-refractivity contribution in [3.05, 3.63) is 71.8 Å². The van der Waals surface area contributed by atoms with Crippen LogP contribution in [-0.2, 0) is 40.9 Å². The van der Waals surface area contributed by atoms with Gasteiger partial charge in [0.15, 0.2) is 0 Å². The third-order valence-electron chi connectivity index (χ3n) is 5.89. The van der Waals surface area contributed by atoms with E-state index in [0.29, 0.717) is 5.56 Å². The zero-order chi connectivity index (χ0) is 28.7. The number of nitrogens with one attached hydrogen (secondary N) is 1. The standard InChI is InChI=1S/C28H38N2O8S/c1-27(2,3)38-26(32)30-23(16-17-36-39(33,34)20-22-14-10-7-11-15-22)24(37-28(30,4)5)18-29-25(31)35-19-21-12-8-6-9-13-21/h6-15,23-24H,16-20H2,1-5H3,(H,29,31). The Balaban J connectivity index is 1.67. The fourth-order valence-corrected chi connectivity index (χ4v) is 5.34. The number of carbonyl (C=O) groups is 2. The molecule has 3 rings (SSSR count). The van der Waals surface area contributed by atoms with E-state index < -0.39 is 45.8 Å². The van der Waals surface area contributed by atoms with Crippen molar-refractivity contribution in [3.63, 3.8) is 0 Å². The molecule has 0 saturated carbocycles. The lowest BCUT2D eigenvalue weighted by Gasteiger charge is -2.35. The first-order valence-electron chi connectivity index (χ1n) is 12.8. The second-order valence-corrected chi connectivity index (χ2v) is 12.4. The molecular weight excluding hydrogens is 524 g/mol. The molecule has 2 amide bonds. The van der Waals surface area contributed by atoms with Crippen LogP contribution in [0.15, 0.2) is 60.7 Å². The summed E-state index contributed by atoms with van der Waals surface area (Å²) in [6, 6.07) is 17.3. The molecule has 0 bridgehead atoms. The summed E-state index contributed by atoms with van der Waals surface area (Å²) in [6.45, 7) is 8.63. The first-order chi connectivity index (χ1) is 18.3. The summed E-state index contributed by atoms with van der Waals surface area (Å²) in [4.78, 5) is 27.0. The van der Waals surface area contributed by atoms with Gasteiger partial charge >= 0.3 is 12.2 Å². The predicted molar refractivity (Wildman–Crippen MR) is 145 cm³/mol. The molecule has 214 valence electrons. The van der Waals surface area contributed by atoms with Gasteiger partial charge in [-0.3, -0.25) is 9.08 Å². The summed E-state index contributed by atoms with van der Waals surface area (Å²) in [5, 5.41) is 2.69. The van der Waals surface area contributed by atoms with Crippen LogP contribution < -0.4 is 5.32 Å². The monoisotopic (exact) mass is 562 g/mol. The van der Waals surface area contributed by atoms with E-state index in [1.54, 1.807) is 65.0 Å². The van der Waals surface area contributed by atoms with Gasteiger partial charge in [-0.2, -0.15) is 8.42 Å². The zero-order valence-corrected chi connectivity index (χ0v) is 23.9. The number of hydrogen-bond donors (Lipinski definition) is 1. The summed E-state index contributed by atoms with van der Waals surface area (Å²) in [5.41, 5.74) is -0.399. The van der Waals surface area contributed by atoms with Crippen LogP contribution in [0.25, 0.3) is 0 Å². The molecule has 2 atom stereocenters. The lowest BCUT2D eigenvalue weighted by molar-refractivity contribution is -0.0782. The molecule has 2 aromatic rings. The van der Waals surface area contributed by atoms with Gasteiger partial charge in [0, 0.05) is 6.54 Å². The molecule has 0 aromatic heterocycles. The van der Waals surface area contributed by atoms with Gasteiger partial charge in [0.1, 0.15) is 23.7 Å². The van der Waals surface area contributed by atoms with E-state index in [1.165, 1.54) is 4.90 Å². The van der Waals surface area contributed by atoms with Crippen LogP contribution in [0.3, 0.4) is 0 Å². The highest BCUT2D eigenvalue weighted by molar-refractivity contribution is 7.85. The molecule has 0 spiro atoms. The van der Waals surface area contributed by atoms with Crippen LogP contribution in [0.2, 0.25) is 0 Å². The van der Waals surface area contributed by atoms with Crippen LogP contribution in [0.5, 0.6) is 0 Å². The molecule has 1 aliphatic rings. The third-order valence-corrected chi connectivity index (χ3v) is 7.11. The summed E-state index contributed by atoms with van der Waals surface area (Å²) < 4.78 is 47.4. The van der Waals surface area contributed by atoms with E-state index in [0.717, 1.165) is 5.56 Å². The predicted octanol–water partition coefficient (Wildman–Crippen LogP) is 4.59. The molecule has 0 aliphatic carbocycles. The highest BCUT2D eigenvalue weighted by Gasteiger charge is 2.51. The van der Waals surface area contributed by atoms with Crippen molar-refractivity contribution in [1.82, 2.24) is 10.2 Å². The van der Waals surface area contributed by atoms with Crippen molar-refractivity contribution in [1.29, 1.82) is 0 Å². The van der Waals surface area contributed by atoms with Gasteiger partial charge in [0.2, 0.25) is 0 Å². The first kappa shape index (κ1) is 30.4. The average Bonchev–Trinajstić information content (AvgIpc) is 3.10. The Bertz CT molecular complexity index is 1200. The third kappa shape index (κ3) is 9.52. The van der Waals surface area contributed by atoms with Crippen molar-refractivity contribution in [2.75, 3.05) is 13.2 Å². The Kier molecular flexibility index (Phi) is 9.98. The Labute approximate surface area is 230 Å². The molecule has 39 heavy (non-hydrogen) atoms. The molecule has 1 saturated heterocycles. The number of alkyl carbamates (subject to hydrolysis) is 1. The molecule has 1 heterocycles. The van der Waals surface area contributed by atoms with Crippen LogP contribution in [0.4, 0.5) is 9.59 Å². The number of benzene rings is 2. The van der Waals surface area contributed by atoms with Gasteiger partial charge in [-0.15, -0.1) is 0 Å². The van der Waals surface area contributed by atoms with Crippen molar-refractivity contribution in [2.45, 2.75) is 76.9 Å².